The molecule has 4 rings (SSSR count). The van der Waals surface area contributed by atoms with Gasteiger partial charge in [0.2, 0.25) is 5.91 Å². The van der Waals surface area contributed by atoms with E-state index in [1.165, 1.54) is 0 Å². The molecule has 0 aromatic heterocycles. The van der Waals surface area contributed by atoms with Gasteiger partial charge in [0.25, 0.3) is 0 Å². The van der Waals surface area contributed by atoms with E-state index in [1.54, 1.807) is 43.3 Å². The lowest BCUT2D eigenvalue weighted by Crippen LogP contribution is -2.50. The quantitative estimate of drug-likeness (QED) is 0.211. The molecule has 44 heavy (non-hydrogen) atoms. The van der Waals surface area contributed by atoms with Gasteiger partial charge in [0, 0.05) is 12.3 Å². The van der Waals surface area contributed by atoms with Crippen LogP contribution in [0.3, 0.4) is 0 Å². The number of ketones is 2. The third-order valence-corrected chi connectivity index (χ3v) is 7.43. The van der Waals surface area contributed by atoms with Crippen molar-refractivity contribution in [1.29, 1.82) is 0 Å². The first-order chi connectivity index (χ1) is 21.1. The van der Waals surface area contributed by atoms with Crippen molar-refractivity contribution in [1.82, 2.24) is 10.6 Å². The average Bonchev–Trinajstić information content (AvgIpc) is 3.78. The summed E-state index contributed by atoms with van der Waals surface area (Å²) in [5.41, 5.74) is 1.33. The Morgan fingerprint density at radius 3 is 1.82 bits per heavy atom. The third kappa shape index (κ3) is 9.60. The van der Waals surface area contributed by atoms with E-state index in [0.29, 0.717) is 5.56 Å². The minimum atomic E-state index is -1.43. The van der Waals surface area contributed by atoms with E-state index < -0.39 is 53.8 Å². The van der Waals surface area contributed by atoms with Crippen molar-refractivity contribution in [2.75, 3.05) is 6.61 Å². The normalized spacial score (nSPS) is 17.4. The van der Waals surface area contributed by atoms with Crippen LogP contribution in [0.4, 0.5) is 4.79 Å². The SMILES string of the molecule is CC1(C(=O)[C@H](Cc2ccccc2)NC(=O)[C@@H](CC(=O)C(CC(=O)O)NC(=O)OCc2ccccc2)Cc2ccccc2)CO1. The number of epoxide rings is 1. The van der Waals surface area contributed by atoms with Crippen LogP contribution >= 0.6 is 0 Å². The molecule has 1 aliphatic heterocycles. The summed E-state index contributed by atoms with van der Waals surface area (Å²) in [4.78, 5) is 64.7. The summed E-state index contributed by atoms with van der Waals surface area (Å²) in [6.07, 6.45) is -1.64. The minimum absolute atomic E-state index is 0.0703. The fraction of sp³-hybridized carbons (Fsp3) is 0.324. The van der Waals surface area contributed by atoms with Gasteiger partial charge in [-0.3, -0.25) is 19.2 Å². The molecule has 0 aliphatic carbocycles. The number of carbonyl (C=O) groups excluding carboxylic acids is 4. The van der Waals surface area contributed by atoms with Gasteiger partial charge in [-0.25, -0.2) is 4.79 Å². The molecule has 0 bridgehead atoms. The van der Waals surface area contributed by atoms with Gasteiger partial charge in [-0.2, -0.15) is 0 Å². The van der Waals surface area contributed by atoms with Crippen LogP contribution < -0.4 is 10.6 Å². The molecule has 10 nitrogen and oxygen atoms in total. The van der Waals surface area contributed by atoms with Gasteiger partial charge in [-0.05, 0) is 36.5 Å². The summed E-state index contributed by atoms with van der Waals surface area (Å²) < 4.78 is 10.6. The molecule has 3 aromatic rings. The van der Waals surface area contributed by atoms with Gasteiger partial charge in [-0.1, -0.05) is 91.0 Å². The van der Waals surface area contributed by atoms with Crippen molar-refractivity contribution in [3.05, 3.63) is 108 Å². The zero-order chi connectivity index (χ0) is 31.5. The molecule has 2 unspecified atom stereocenters. The third-order valence-electron chi connectivity index (χ3n) is 7.43. The standard InChI is InChI=1S/C34H36N2O8/c1-34(22-44-34)31(40)28(18-24-13-7-3-8-14-24)35-32(41)26(17-23-11-5-2-6-12-23)19-29(37)27(20-30(38)39)36-33(42)43-21-25-15-9-4-10-16-25/h2-16,26-28H,17-22H2,1H3,(H,35,41)(H,36,42)(H,38,39)/t26-,27?,28+,34?/m1/s1. The fourth-order valence-electron chi connectivity index (χ4n) is 4.84. The zero-order valence-corrected chi connectivity index (χ0v) is 24.4. The van der Waals surface area contributed by atoms with Crippen molar-refractivity contribution in [3.63, 3.8) is 0 Å². The lowest BCUT2D eigenvalue weighted by Gasteiger charge is -2.24. The Hall–Kier alpha value is -4.83. The number of hydrogen-bond donors (Lipinski definition) is 3. The van der Waals surface area contributed by atoms with Gasteiger partial charge in [0.15, 0.2) is 11.6 Å². The molecule has 4 atom stereocenters. The van der Waals surface area contributed by atoms with Gasteiger partial charge in [0.1, 0.15) is 18.2 Å². The molecule has 3 N–H and O–H groups in total. The molecule has 1 aliphatic rings. The van der Waals surface area contributed by atoms with Gasteiger partial charge < -0.3 is 25.2 Å². The Morgan fingerprint density at radius 1 is 0.773 bits per heavy atom. The largest absolute Gasteiger partial charge is 0.481 e. The molecular weight excluding hydrogens is 564 g/mol. The predicted octanol–water partition coefficient (Wildman–Crippen LogP) is 3.66. The first-order valence-corrected chi connectivity index (χ1v) is 14.4. The number of ether oxygens (including phenoxy) is 2. The molecule has 2 amide bonds. The number of carboxylic acid groups (broad SMARTS) is 1. The van der Waals surface area contributed by atoms with Gasteiger partial charge in [0.05, 0.1) is 19.1 Å². The van der Waals surface area contributed by atoms with Crippen molar-refractivity contribution < 1.29 is 38.6 Å². The van der Waals surface area contributed by atoms with E-state index in [4.69, 9.17) is 9.47 Å². The van der Waals surface area contributed by atoms with E-state index in [9.17, 15) is 29.1 Å². The van der Waals surface area contributed by atoms with Crippen LogP contribution in [0.2, 0.25) is 0 Å². The van der Waals surface area contributed by atoms with E-state index >= 15 is 0 Å². The lowest BCUT2D eigenvalue weighted by molar-refractivity contribution is -0.140. The van der Waals surface area contributed by atoms with E-state index in [0.717, 1.165) is 11.1 Å². The Kier molecular flexibility index (Phi) is 11.0. The molecule has 1 saturated heterocycles. The van der Waals surface area contributed by atoms with Crippen LogP contribution in [0.15, 0.2) is 91.0 Å². The molecule has 3 aromatic carbocycles. The van der Waals surface area contributed by atoms with Crippen LogP contribution in [0.25, 0.3) is 0 Å². The molecule has 1 heterocycles. The Morgan fingerprint density at radius 2 is 1.30 bits per heavy atom. The summed E-state index contributed by atoms with van der Waals surface area (Å²) in [5, 5.41) is 14.7. The van der Waals surface area contributed by atoms with Crippen molar-refractivity contribution in [2.24, 2.45) is 5.92 Å². The monoisotopic (exact) mass is 600 g/mol. The average molecular weight is 601 g/mol. The van der Waals surface area contributed by atoms with E-state index in [1.807, 2.05) is 54.6 Å². The highest BCUT2D eigenvalue weighted by atomic mass is 16.6. The number of carboxylic acids is 1. The van der Waals surface area contributed by atoms with Crippen LogP contribution in [-0.2, 0) is 48.1 Å². The number of rotatable bonds is 16. The second-order valence-corrected chi connectivity index (χ2v) is 11.0. The molecule has 0 saturated carbocycles. The van der Waals surface area contributed by atoms with Gasteiger partial charge in [-0.15, -0.1) is 0 Å². The summed E-state index contributed by atoms with van der Waals surface area (Å²) in [7, 11) is 0. The maximum Gasteiger partial charge on any atom is 0.408 e. The summed E-state index contributed by atoms with van der Waals surface area (Å²) in [6, 6.07) is 24.8. The number of amides is 2. The molecule has 0 spiro atoms. The highest BCUT2D eigenvalue weighted by Gasteiger charge is 2.50. The number of alkyl carbamates (subject to hydrolysis) is 1. The minimum Gasteiger partial charge on any atom is -0.481 e. The molecular formula is C34H36N2O8. The molecule has 10 heteroatoms. The highest BCUT2D eigenvalue weighted by molar-refractivity contribution is 5.98. The number of hydrogen-bond acceptors (Lipinski definition) is 7. The molecule has 1 fully saturated rings. The number of carbonyl (C=O) groups is 5. The smallest absolute Gasteiger partial charge is 0.408 e. The van der Waals surface area contributed by atoms with Crippen LogP contribution in [-0.4, -0.2) is 58.9 Å². The molecule has 230 valence electrons. The summed E-state index contributed by atoms with van der Waals surface area (Å²) in [5.74, 6) is -3.72. The van der Waals surface area contributed by atoms with Crippen molar-refractivity contribution in [3.8, 4) is 0 Å². The van der Waals surface area contributed by atoms with E-state index in [2.05, 4.69) is 10.6 Å². The first-order valence-electron chi connectivity index (χ1n) is 14.4. The van der Waals surface area contributed by atoms with Crippen LogP contribution in [0.5, 0.6) is 0 Å². The topological polar surface area (TPSA) is 151 Å². The highest BCUT2D eigenvalue weighted by Crippen LogP contribution is 2.29. The first kappa shape index (κ1) is 32.1. The maximum absolute atomic E-state index is 13.8. The van der Waals surface area contributed by atoms with Crippen molar-refractivity contribution >= 4 is 29.5 Å². The second kappa shape index (κ2) is 15.1. The number of benzene rings is 3. The Balaban J connectivity index is 1.50. The predicted molar refractivity (Wildman–Crippen MR) is 161 cm³/mol. The van der Waals surface area contributed by atoms with Crippen molar-refractivity contribution in [2.45, 2.75) is 56.9 Å². The number of Topliss-reactive ketones (excluding diaryl/α,β-unsaturated/α-hetero) is 2. The summed E-state index contributed by atoms with van der Waals surface area (Å²) >= 11 is 0. The maximum atomic E-state index is 13.8. The van der Waals surface area contributed by atoms with Gasteiger partial charge >= 0.3 is 12.1 Å². The lowest BCUT2D eigenvalue weighted by atomic mass is 9.89. The number of aliphatic carboxylic acids is 1. The number of nitrogens with one attached hydrogen (secondary N) is 2. The van der Waals surface area contributed by atoms with E-state index in [-0.39, 0.29) is 38.3 Å². The summed E-state index contributed by atoms with van der Waals surface area (Å²) in [6.45, 7) is 1.85. The Bertz CT molecular complexity index is 1440. The van der Waals surface area contributed by atoms with Crippen LogP contribution in [0, 0.1) is 5.92 Å². The molecule has 0 radical (unpaired) electrons. The zero-order valence-electron chi connectivity index (χ0n) is 24.4. The Labute approximate surface area is 255 Å². The van der Waals surface area contributed by atoms with Crippen LogP contribution in [0.1, 0.15) is 36.5 Å². The fourth-order valence-corrected chi connectivity index (χ4v) is 4.84. The second-order valence-electron chi connectivity index (χ2n) is 11.0.